The summed E-state index contributed by atoms with van der Waals surface area (Å²) in [6.07, 6.45) is 1.44. The second-order valence-corrected chi connectivity index (χ2v) is 5.07. The lowest BCUT2D eigenvalue weighted by Crippen LogP contribution is -2.15. The lowest BCUT2D eigenvalue weighted by atomic mass is 10.1. The SMILES string of the molecule is COCCn1ncc(Cl)c1C(=O)c1ccc(Cl)cc1OC. The topological polar surface area (TPSA) is 53.4 Å². The molecule has 0 amide bonds. The van der Waals surface area contributed by atoms with Crippen molar-refractivity contribution in [3.63, 3.8) is 0 Å². The number of nitrogens with zero attached hydrogens (tertiary/aromatic N) is 2. The summed E-state index contributed by atoms with van der Waals surface area (Å²) in [5.74, 6) is 0.116. The Balaban J connectivity index is 2.43. The molecular weight excluding hydrogens is 315 g/mol. The Morgan fingerprint density at radius 2 is 2.10 bits per heavy atom. The lowest BCUT2D eigenvalue weighted by Gasteiger charge is -2.10. The first-order valence-electron chi connectivity index (χ1n) is 6.17. The van der Waals surface area contributed by atoms with Crippen molar-refractivity contribution in [1.29, 1.82) is 0 Å². The minimum absolute atomic E-state index is 0.276. The van der Waals surface area contributed by atoms with Crippen molar-refractivity contribution in [2.24, 2.45) is 0 Å². The number of rotatable bonds is 6. The van der Waals surface area contributed by atoms with E-state index in [1.165, 1.54) is 18.0 Å². The molecule has 2 rings (SSSR count). The predicted molar refractivity (Wildman–Crippen MR) is 80.5 cm³/mol. The summed E-state index contributed by atoms with van der Waals surface area (Å²) in [5, 5.41) is 4.86. The molecule has 5 nitrogen and oxygen atoms in total. The van der Waals surface area contributed by atoms with E-state index < -0.39 is 0 Å². The van der Waals surface area contributed by atoms with Crippen LogP contribution in [0.15, 0.2) is 24.4 Å². The van der Waals surface area contributed by atoms with Crippen molar-refractivity contribution in [1.82, 2.24) is 9.78 Å². The maximum Gasteiger partial charge on any atom is 0.216 e. The van der Waals surface area contributed by atoms with Crippen molar-refractivity contribution < 1.29 is 14.3 Å². The number of methoxy groups -OCH3 is 2. The molecular formula is C14H14Cl2N2O3. The van der Waals surface area contributed by atoms with Crippen LogP contribution in [-0.4, -0.2) is 36.4 Å². The molecule has 0 unspecified atom stereocenters. The van der Waals surface area contributed by atoms with Gasteiger partial charge in [0.15, 0.2) is 0 Å². The van der Waals surface area contributed by atoms with Gasteiger partial charge in [-0.1, -0.05) is 23.2 Å². The highest BCUT2D eigenvalue weighted by molar-refractivity contribution is 6.35. The van der Waals surface area contributed by atoms with Crippen molar-refractivity contribution in [2.45, 2.75) is 6.54 Å². The number of carbonyl (C=O) groups is 1. The number of ketones is 1. The van der Waals surface area contributed by atoms with E-state index in [0.29, 0.717) is 35.2 Å². The van der Waals surface area contributed by atoms with Gasteiger partial charge in [0.25, 0.3) is 0 Å². The molecule has 0 radical (unpaired) electrons. The Hall–Kier alpha value is -1.56. The number of carbonyl (C=O) groups excluding carboxylic acids is 1. The largest absolute Gasteiger partial charge is 0.496 e. The Labute approximate surface area is 132 Å². The average Bonchev–Trinajstić information content (AvgIpc) is 2.85. The van der Waals surface area contributed by atoms with Crippen LogP contribution < -0.4 is 4.74 Å². The molecule has 0 aliphatic heterocycles. The zero-order valence-electron chi connectivity index (χ0n) is 11.6. The molecule has 7 heteroatoms. The van der Waals surface area contributed by atoms with E-state index in [0.717, 1.165) is 0 Å². The van der Waals surface area contributed by atoms with Gasteiger partial charge in [-0.3, -0.25) is 9.48 Å². The van der Waals surface area contributed by atoms with Crippen LogP contribution in [0, 0.1) is 0 Å². The molecule has 21 heavy (non-hydrogen) atoms. The van der Waals surface area contributed by atoms with E-state index in [4.69, 9.17) is 32.7 Å². The van der Waals surface area contributed by atoms with Gasteiger partial charge in [-0.15, -0.1) is 0 Å². The lowest BCUT2D eigenvalue weighted by molar-refractivity contribution is 0.102. The first-order valence-corrected chi connectivity index (χ1v) is 6.92. The Morgan fingerprint density at radius 3 is 2.76 bits per heavy atom. The van der Waals surface area contributed by atoms with Gasteiger partial charge in [0.05, 0.1) is 37.0 Å². The van der Waals surface area contributed by atoms with Crippen LogP contribution in [0.4, 0.5) is 0 Å². The van der Waals surface area contributed by atoms with Crippen LogP contribution in [0.2, 0.25) is 10.0 Å². The van der Waals surface area contributed by atoms with Gasteiger partial charge in [-0.2, -0.15) is 5.10 Å². The van der Waals surface area contributed by atoms with Crippen molar-refractivity contribution in [3.05, 3.63) is 45.7 Å². The van der Waals surface area contributed by atoms with E-state index in [9.17, 15) is 4.79 Å². The minimum Gasteiger partial charge on any atom is -0.496 e. The van der Waals surface area contributed by atoms with Crippen LogP contribution in [0.1, 0.15) is 16.1 Å². The van der Waals surface area contributed by atoms with E-state index in [-0.39, 0.29) is 10.8 Å². The molecule has 0 spiro atoms. The summed E-state index contributed by atoms with van der Waals surface area (Å²) in [6, 6.07) is 4.81. The monoisotopic (exact) mass is 328 g/mol. The minimum atomic E-state index is -0.276. The zero-order valence-corrected chi connectivity index (χ0v) is 13.1. The van der Waals surface area contributed by atoms with Gasteiger partial charge in [0.1, 0.15) is 11.4 Å². The maximum absolute atomic E-state index is 12.7. The third-order valence-corrected chi connectivity index (χ3v) is 3.44. The van der Waals surface area contributed by atoms with Crippen molar-refractivity contribution in [2.75, 3.05) is 20.8 Å². The fourth-order valence-corrected chi connectivity index (χ4v) is 2.30. The summed E-state index contributed by atoms with van der Waals surface area (Å²) < 4.78 is 11.7. The van der Waals surface area contributed by atoms with Crippen LogP contribution in [0.25, 0.3) is 0 Å². The smallest absolute Gasteiger partial charge is 0.216 e. The number of halogens is 2. The van der Waals surface area contributed by atoms with E-state index in [1.807, 2.05) is 0 Å². The summed E-state index contributed by atoms with van der Waals surface area (Å²) in [5.41, 5.74) is 0.678. The number of hydrogen-bond donors (Lipinski definition) is 0. The predicted octanol–water partition coefficient (Wildman–Crippen LogP) is 3.08. The summed E-state index contributed by atoms with van der Waals surface area (Å²) in [6.45, 7) is 0.857. The quantitative estimate of drug-likeness (QED) is 0.764. The first kappa shape index (κ1) is 15.8. The number of ether oxygens (including phenoxy) is 2. The molecule has 1 aromatic heterocycles. The highest BCUT2D eigenvalue weighted by Crippen LogP contribution is 2.27. The second-order valence-electron chi connectivity index (χ2n) is 4.23. The molecule has 0 saturated carbocycles. The van der Waals surface area contributed by atoms with Gasteiger partial charge in [-0.05, 0) is 18.2 Å². The fourth-order valence-electron chi connectivity index (χ4n) is 1.92. The van der Waals surface area contributed by atoms with Gasteiger partial charge < -0.3 is 9.47 Å². The van der Waals surface area contributed by atoms with Crippen LogP contribution in [0.3, 0.4) is 0 Å². The average molecular weight is 329 g/mol. The molecule has 0 saturated heterocycles. The molecule has 0 aliphatic carbocycles. The Morgan fingerprint density at radius 1 is 1.33 bits per heavy atom. The van der Waals surface area contributed by atoms with Crippen LogP contribution in [-0.2, 0) is 11.3 Å². The van der Waals surface area contributed by atoms with E-state index in [1.54, 1.807) is 25.3 Å². The Bertz CT molecular complexity index is 656. The molecule has 0 N–H and O–H groups in total. The number of aromatic nitrogens is 2. The van der Waals surface area contributed by atoms with E-state index in [2.05, 4.69) is 5.10 Å². The van der Waals surface area contributed by atoms with Crippen molar-refractivity contribution in [3.8, 4) is 5.75 Å². The fraction of sp³-hybridized carbons (Fsp3) is 0.286. The zero-order chi connectivity index (χ0) is 15.4. The highest BCUT2D eigenvalue weighted by atomic mass is 35.5. The highest BCUT2D eigenvalue weighted by Gasteiger charge is 2.22. The van der Waals surface area contributed by atoms with Gasteiger partial charge in [0.2, 0.25) is 5.78 Å². The van der Waals surface area contributed by atoms with Gasteiger partial charge >= 0.3 is 0 Å². The standard InChI is InChI=1S/C14H14Cl2N2O3/c1-20-6-5-18-13(11(16)8-17-18)14(19)10-4-3-9(15)7-12(10)21-2/h3-4,7-8H,5-6H2,1-2H3. The molecule has 0 atom stereocenters. The summed E-state index contributed by atoms with van der Waals surface area (Å²) in [4.78, 5) is 12.7. The van der Waals surface area contributed by atoms with Crippen LogP contribution >= 0.6 is 23.2 Å². The Kier molecular flexibility index (Phi) is 5.22. The van der Waals surface area contributed by atoms with E-state index >= 15 is 0 Å². The summed E-state index contributed by atoms with van der Waals surface area (Å²) >= 11 is 12.0. The number of hydrogen-bond acceptors (Lipinski definition) is 4. The molecule has 0 aliphatic rings. The molecule has 2 aromatic rings. The van der Waals surface area contributed by atoms with Gasteiger partial charge in [-0.25, -0.2) is 0 Å². The summed E-state index contributed by atoms with van der Waals surface area (Å²) in [7, 11) is 3.06. The maximum atomic E-state index is 12.7. The molecule has 0 fully saturated rings. The third-order valence-electron chi connectivity index (χ3n) is 2.93. The van der Waals surface area contributed by atoms with Crippen molar-refractivity contribution >= 4 is 29.0 Å². The molecule has 0 bridgehead atoms. The molecule has 112 valence electrons. The normalized spacial score (nSPS) is 10.7. The molecule has 1 aromatic carbocycles. The van der Waals surface area contributed by atoms with Gasteiger partial charge in [0, 0.05) is 12.1 Å². The van der Waals surface area contributed by atoms with Crippen LogP contribution in [0.5, 0.6) is 5.75 Å². The number of benzene rings is 1. The second kappa shape index (κ2) is 6.93. The third kappa shape index (κ3) is 3.37. The molecule has 1 heterocycles. The first-order chi connectivity index (χ1) is 10.1.